The molecule has 4 nitrogen and oxygen atoms in total. The number of carbonyl (C=O) groups is 1. The number of pyridine rings is 1. The number of hydrogen-bond donors (Lipinski definition) is 1. The Labute approximate surface area is 162 Å². The Kier molecular flexibility index (Phi) is 4.94. The lowest BCUT2D eigenvalue weighted by Gasteiger charge is -2.30. The number of anilines is 2. The van der Waals surface area contributed by atoms with E-state index in [1.165, 1.54) is 12.5 Å². The highest BCUT2D eigenvalue weighted by atomic mass is 19.2. The molecule has 2 heterocycles. The summed E-state index contributed by atoms with van der Waals surface area (Å²) in [5.74, 6) is -2.41. The molecule has 1 aliphatic rings. The van der Waals surface area contributed by atoms with Gasteiger partial charge in [0.15, 0.2) is 11.6 Å². The van der Waals surface area contributed by atoms with Crippen LogP contribution in [-0.4, -0.2) is 24.0 Å². The minimum Gasteiger partial charge on any atom is -0.371 e. The van der Waals surface area contributed by atoms with Gasteiger partial charge in [-0.05, 0) is 56.5 Å². The zero-order valence-electron chi connectivity index (χ0n) is 15.6. The monoisotopic (exact) mass is 381 g/mol. The molecule has 1 aliphatic heterocycles. The standard InChI is InChI=1S/C22H21F2N3O/c1-14-5-8-19-16(11-14)21(27-9-3-2-4-10-27)13-20(26-19)22(28)25-15-6-7-17(23)18(24)12-15/h5-8,11-13H,2-4,9-10H2,1H3,(H,25,28). The van der Waals surface area contributed by atoms with Gasteiger partial charge in [0.05, 0.1) is 5.52 Å². The molecule has 1 N–H and O–H groups in total. The number of rotatable bonds is 3. The summed E-state index contributed by atoms with van der Waals surface area (Å²) in [5.41, 5.74) is 3.30. The zero-order chi connectivity index (χ0) is 19.7. The second-order valence-corrected chi connectivity index (χ2v) is 7.18. The van der Waals surface area contributed by atoms with Crippen molar-refractivity contribution in [3.63, 3.8) is 0 Å². The number of nitrogens with zero attached hydrogens (tertiary/aromatic N) is 2. The number of aryl methyl sites for hydroxylation is 1. The molecule has 28 heavy (non-hydrogen) atoms. The first-order chi connectivity index (χ1) is 13.5. The average molecular weight is 381 g/mol. The van der Waals surface area contributed by atoms with Gasteiger partial charge in [0.25, 0.3) is 5.91 Å². The zero-order valence-corrected chi connectivity index (χ0v) is 15.6. The maximum atomic E-state index is 13.4. The molecule has 144 valence electrons. The fraction of sp³-hybridized carbons (Fsp3) is 0.273. The summed E-state index contributed by atoms with van der Waals surface area (Å²) in [6.45, 7) is 3.91. The van der Waals surface area contributed by atoms with E-state index in [9.17, 15) is 13.6 Å². The molecule has 0 saturated carbocycles. The Morgan fingerprint density at radius 3 is 2.54 bits per heavy atom. The second-order valence-electron chi connectivity index (χ2n) is 7.18. The molecule has 4 rings (SSSR count). The molecule has 1 amide bonds. The lowest BCUT2D eigenvalue weighted by Crippen LogP contribution is -2.30. The molecule has 3 aromatic rings. The average Bonchev–Trinajstić information content (AvgIpc) is 2.70. The highest BCUT2D eigenvalue weighted by Crippen LogP contribution is 2.30. The quantitative estimate of drug-likeness (QED) is 0.689. The number of benzene rings is 2. The summed E-state index contributed by atoms with van der Waals surface area (Å²) >= 11 is 0. The van der Waals surface area contributed by atoms with E-state index in [0.29, 0.717) is 0 Å². The van der Waals surface area contributed by atoms with Crippen molar-refractivity contribution in [2.45, 2.75) is 26.2 Å². The van der Waals surface area contributed by atoms with E-state index in [2.05, 4.69) is 21.3 Å². The van der Waals surface area contributed by atoms with Crippen LogP contribution in [0.25, 0.3) is 10.9 Å². The van der Waals surface area contributed by atoms with Gasteiger partial charge in [0.1, 0.15) is 5.69 Å². The van der Waals surface area contributed by atoms with Crippen molar-refractivity contribution in [1.82, 2.24) is 4.98 Å². The third kappa shape index (κ3) is 3.67. The van der Waals surface area contributed by atoms with Gasteiger partial charge in [0, 0.05) is 35.9 Å². The van der Waals surface area contributed by atoms with Gasteiger partial charge in [-0.2, -0.15) is 0 Å². The van der Waals surface area contributed by atoms with Crippen LogP contribution < -0.4 is 10.2 Å². The van der Waals surface area contributed by atoms with Crippen molar-refractivity contribution in [2.24, 2.45) is 0 Å². The predicted octanol–water partition coefficient (Wildman–Crippen LogP) is 5.06. The molecule has 0 radical (unpaired) electrons. The first-order valence-electron chi connectivity index (χ1n) is 9.44. The molecule has 0 aliphatic carbocycles. The van der Waals surface area contributed by atoms with Crippen molar-refractivity contribution in [3.05, 3.63) is 65.4 Å². The number of fused-ring (bicyclic) bond motifs is 1. The molecule has 0 spiro atoms. The third-order valence-electron chi connectivity index (χ3n) is 5.05. The minimum absolute atomic E-state index is 0.189. The number of piperidine rings is 1. The number of carbonyl (C=O) groups excluding carboxylic acids is 1. The molecule has 1 aromatic heterocycles. The van der Waals surface area contributed by atoms with Crippen molar-refractivity contribution in [1.29, 1.82) is 0 Å². The Balaban J connectivity index is 1.72. The van der Waals surface area contributed by atoms with Crippen molar-refractivity contribution >= 4 is 28.2 Å². The maximum Gasteiger partial charge on any atom is 0.274 e. The number of aromatic nitrogens is 1. The van der Waals surface area contributed by atoms with E-state index in [1.807, 2.05) is 19.1 Å². The lowest BCUT2D eigenvalue weighted by atomic mass is 10.1. The van der Waals surface area contributed by atoms with Gasteiger partial charge in [-0.15, -0.1) is 0 Å². The van der Waals surface area contributed by atoms with E-state index in [-0.39, 0.29) is 11.4 Å². The van der Waals surface area contributed by atoms with Gasteiger partial charge in [-0.25, -0.2) is 13.8 Å². The summed E-state index contributed by atoms with van der Waals surface area (Å²) in [7, 11) is 0. The number of halogens is 2. The van der Waals surface area contributed by atoms with Crippen LogP contribution in [0.3, 0.4) is 0 Å². The van der Waals surface area contributed by atoms with E-state index < -0.39 is 17.5 Å². The molecule has 0 bridgehead atoms. The van der Waals surface area contributed by atoms with Gasteiger partial charge in [0.2, 0.25) is 0 Å². The second kappa shape index (κ2) is 7.54. The van der Waals surface area contributed by atoms with Crippen LogP contribution in [-0.2, 0) is 0 Å². The van der Waals surface area contributed by atoms with Gasteiger partial charge in [-0.1, -0.05) is 11.6 Å². The predicted molar refractivity (Wildman–Crippen MR) is 107 cm³/mol. The van der Waals surface area contributed by atoms with Gasteiger partial charge < -0.3 is 10.2 Å². The normalized spacial score (nSPS) is 14.3. The van der Waals surface area contributed by atoms with Crippen molar-refractivity contribution in [2.75, 3.05) is 23.3 Å². The molecule has 0 unspecified atom stereocenters. The Morgan fingerprint density at radius 1 is 1.00 bits per heavy atom. The van der Waals surface area contributed by atoms with E-state index in [0.717, 1.165) is 60.2 Å². The van der Waals surface area contributed by atoms with Gasteiger partial charge in [-0.3, -0.25) is 4.79 Å². The van der Waals surface area contributed by atoms with E-state index in [4.69, 9.17) is 0 Å². The van der Waals surface area contributed by atoms with Crippen LogP contribution in [0.4, 0.5) is 20.2 Å². The molecule has 2 aromatic carbocycles. The van der Waals surface area contributed by atoms with Crippen LogP contribution in [0.15, 0.2) is 42.5 Å². The highest BCUT2D eigenvalue weighted by Gasteiger charge is 2.18. The summed E-state index contributed by atoms with van der Waals surface area (Å²) in [5, 5.41) is 3.63. The van der Waals surface area contributed by atoms with Crippen LogP contribution in [0, 0.1) is 18.6 Å². The first kappa shape index (κ1) is 18.3. The van der Waals surface area contributed by atoms with E-state index in [1.54, 1.807) is 6.07 Å². The third-order valence-corrected chi connectivity index (χ3v) is 5.05. The summed E-state index contributed by atoms with van der Waals surface area (Å²) in [4.78, 5) is 19.5. The number of hydrogen-bond acceptors (Lipinski definition) is 3. The maximum absolute atomic E-state index is 13.4. The minimum atomic E-state index is -1.01. The van der Waals surface area contributed by atoms with Crippen molar-refractivity contribution < 1.29 is 13.6 Å². The molecular formula is C22H21F2N3O. The Hall–Kier alpha value is -3.02. The Bertz CT molecular complexity index is 1050. The molecule has 0 atom stereocenters. The van der Waals surface area contributed by atoms with Crippen LogP contribution >= 0.6 is 0 Å². The molecule has 1 saturated heterocycles. The fourth-order valence-corrected chi connectivity index (χ4v) is 3.60. The van der Waals surface area contributed by atoms with Gasteiger partial charge >= 0.3 is 0 Å². The Morgan fingerprint density at radius 2 is 1.79 bits per heavy atom. The SMILES string of the molecule is Cc1ccc2nc(C(=O)Nc3ccc(F)c(F)c3)cc(N3CCCCC3)c2c1. The smallest absolute Gasteiger partial charge is 0.274 e. The highest BCUT2D eigenvalue weighted by molar-refractivity contribution is 6.06. The molecule has 1 fully saturated rings. The topological polar surface area (TPSA) is 45.2 Å². The summed E-state index contributed by atoms with van der Waals surface area (Å²) < 4.78 is 26.6. The van der Waals surface area contributed by atoms with Crippen LogP contribution in [0.1, 0.15) is 35.3 Å². The summed E-state index contributed by atoms with van der Waals surface area (Å²) in [6, 6.07) is 11.0. The first-order valence-corrected chi connectivity index (χ1v) is 9.44. The van der Waals surface area contributed by atoms with Crippen LogP contribution in [0.2, 0.25) is 0 Å². The fourth-order valence-electron chi connectivity index (χ4n) is 3.60. The largest absolute Gasteiger partial charge is 0.371 e. The van der Waals surface area contributed by atoms with Crippen LogP contribution in [0.5, 0.6) is 0 Å². The molecular weight excluding hydrogens is 360 g/mol. The van der Waals surface area contributed by atoms with E-state index >= 15 is 0 Å². The van der Waals surface area contributed by atoms with Crippen molar-refractivity contribution in [3.8, 4) is 0 Å². The lowest BCUT2D eigenvalue weighted by molar-refractivity contribution is 0.102. The number of amides is 1. The number of nitrogens with one attached hydrogen (secondary N) is 1. The summed E-state index contributed by atoms with van der Waals surface area (Å²) in [6.07, 6.45) is 3.44. The molecule has 6 heteroatoms.